The summed E-state index contributed by atoms with van der Waals surface area (Å²) >= 11 is 0. The fraction of sp³-hybridized carbons (Fsp3) is 0.410. The van der Waals surface area contributed by atoms with Gasteiger partial charge in [-0.3, -0.25) is 19.9 Å². The number of nitrogen functional groups attached to an aromatic ring is 1. The molecular formula is C39H43N7O4. The molecule has 11 nitrogen and oxygen atoms in total. The highest BCUT2D eigenvalue weighted by atomic mass is 16.5. The number of phenols is 1. The Morgan fingerprint density at radius 3 is 2.40 bits per heavy atom. The molecular weight excluding hydrogens is 630 g/mol. The summed E-state index contributed by atoms with van der Waals surface area (Å²) in [6.45, 7) is 3.35. The predicted molar refractivity (Wildman–Crippen MR) is 191 cm³/mol. The van der Waals surface area contributed by atoms with E-state index in [2.05, 4.69) is 49.6 Å². The summed E-state index contributed by atoms with van der Waals surface area (Å²) in [5.74, 6) is 1.88. The van der Waals surface area contributed by atoms with E-state index in [9.17, 15) is 14.7 Å². The van der Waals surface area contributed by atoms with Crippen molar-refractivity contribution in [1.29, 1.82) is 0 Å². The molecule has 11 heteroatoms. The maximum absolute atomic E-state index is 12.7. The van der Waals surface area contributed by atoms with Gasteiger partial charge < -0.3 is 25.4 Å². The highest BCUT2D eigenvalue weighted by molar-refractivity contribution is 6.02. The van der Waals surface area contributed by atoms with E-state index in [1.54, 1.807) is 18.2 Å². The summed E-state index contributed by atoms with van der Waals surface area (Å²) in [6, 6.07) is 19.7. The number of anilines is 2. The summed E-state index contributed by atoms with van der Waals surface area (Å²) in [4.78, 5) is 34.1. The Bertz CT molecular complexity index is 1880. The van der Waals surface area contributed by atoms with Crippen molar-refractivity contribution < 1.29 is 19.4 Å². The van der Waals surface area contributed by atoms with E-state index in [-0.39, 0.29) is 23.6 Å². The number of carbonyl (C=O) groups is 2. The number of para-hydroxylation sites is 2. The Morgan fingerprint density at radius 1 is 0.820 bits per heavy atom. The summed E-state index contributed by atoms with van der Waals surface area (Å²) in [6.07, 6.45) is 9.66. The Hall–Kier alpha value is -5.03. The highest BCUT2D eigenvalue weighted by Gasteiger charge is 2.37. The molecule has 4 aliphatic rings. The molecule has 0 unspecified atom stereocenters. The number of likely N-dealkylation sites (tertiary alicyclic amines) is 1. The Kier molecular flexibility index (Phi) is 8.82. The maximum atomic E-state index is 12.7. The molecule has 258 valence electrons. The van der Waals surface area contributed by atoms with Gasteiger partial charge in [-0.25, -0.2) is 0 Å². The van der Waals surface area contributed by atoms with E-state index >= 15 is 0 Å². The van der Waals surface area contributed by atoms with Crippen LogP contribution in [0.5, 0.6) is 11.5 Å². The number of ether oxygens (including phenoxy) is 1. The SMILES string of the molecule is Nc1nnc(-c2ccccc2O)cc1-c1ccc(C2CCN(C3CCC(c4cccc5c4OCCN5[C@@H]4CCC(=O)NC4=O)CC3)CC2)cn1. The lowest BCUT2D eigenvalue weighted by atomic mass is 9.79. The largest absolute Gasteiger partial charge is 0.507 e. The van der Waals surface area contributed by atoms with Gasteiger partial charge in [-0.05, 0) is 111 Å². The van der Waals surface area contributed by atoms with Crippen LogP contribution in [-0.2, 0) is 9.59 Å². The molecule has 3 aliphatic heterocycles. The molecule has 2 aromatic heterocycles. The second kappa shape index (κ2) is 13.7. The number of aromatic hydroxyl groups is 1. The van der Waals surface area contributed by atoms with Gasteiger partial charge in [-0.2, -0.15) is 0 Å². The monoisotopic (exact) mass is 673 g/mol. The number of phenolic OH excluding ortho intramolecular Hbond substituents is 1. The van der Waals surface area contributed by atoms with E-state index in [0.29, 0.717) is 66.5 Å². The van der Waals surface area contributed by atoms with Crippen LogP contribution >= 0.6 is 0 Å². The average Bonchev–Trinajstić information content (AvgIpc) is 3.15. The van der Waals surface area contributed by atoms with E-state index in [4.69, 9.17) is 15.5 Å². The number of benzene rings is 2. The van der Waals surface area contributed by atoms with Crippen LogP contribution in [0.4, 0.5) is 11.5 Å². The van der Waals surface area contributed by atoms with Crippen LogP contribution in [0.3, 0.4) is 0 Å². The van der Waals surface area contributed by atoms with Crippen molar-refractivity contribution in [3.8, 4) is 34.0 Å². The van der Waals surface area contributed by atoms with Crippen LogP contribution in [0.1, 0.15) is 74.3 Å². The zero-order valence-electron chi connectivity index (χ0n) is 28.1. The number of aromatic nitrogens is 3. The molecule has 8 rings (SSSR count). The number of amides is 2. The number of nitrogens with zero attached hydrogens (tertiary/aromatic N) is 5. The third kappa shape index (κ3) is 6.26. The van der Waals surface area contributed by atoms with Crippen LogP contribution in [0, 0.1) is 0 Å². The molecule has 2 amide bonds. The first kappa shape index (κ1) is 32.2. The molecule has 4 aromatic rings. The molecule has 0 bridgehead atoms. The maximum Gasteiger partial charge on any atom is 0.249 e. The number of nitrogens with two attached hydrogens (primary N) is 1. The topological polar surface area (TPSA) is 147 Å². The lowest BCUT2D eigenvalue weighted by molar-refractivity contribution is -0.134. The van der Waals surface area contributed by atoms with Gasteiger partial charge in [-0.15, -0.1) is 10.2 Å². The van der Waals surface area contributed by atoms with Crippen LogP contribution in [0.15, 0.2) is 66.9 Å². The number of rotatable bonds is 6. The van der Waals surface area contributed by atoms with Crippen molar-refractivity contribution in [2.75, 3.05) is 36.9 Å². The van der Waals surface area contributed by atoms with Crippen LogP contribution in [-0.4, -0.2) is 75.3 Å². The van der Waals surface area contributed by atoms with Crippen LogP contribution in [0.25, 0.3) is 22.5 Å². The minimum absolute atomic E-state index is 0.143. The minimum Gasteiger partial charge on any atom is -0.507 e. The molecule has 1 atom stereocenters. The van der Waals surface area contributed by atoms with E-state index in [0.717, 1.165) is 68.7 Å². The Balaban J connectivity index is 0.874. The van der Waals surface area contributed by atoms with Gasteiger partial charge in [0.1, 0.15) is 24.1 Å². The second-order valence-electron chi connectivity index (χ2n) is 14.0. The Morgan fingerprint density at radius 2 is 1.64 bits per heavy atom. The number of fused-ring (bicyclic) bond motifs is 1. The molecule has 50 heavy (non-hydrogen) atoms. The first-order valence-electron chi connectivity index (χ1n) is 17.9. The van der Waals surface area contributed by atoms with Crippen molar-refractivity contribution >= 4 is 23.3 Å². The molecule has 4 N–H and O–H groups in total. The van der Waals surface area contributed by atoms with Gasteiger partial charge >= 0.3 is 0 Å². The first-order valence-corrected chi connectivity index (χ1v) is 17.9. The normalized spacial score (nSPS) is 23.2. The lowest BCUT2D eigenvalue weighted by Crippen LogP contribution is -2.54. The number of carbonyl (C=O) groups excluding carboxylic acids is 2. The number of pyridine rings is 1. The summed E-state index contributed by atoms with van der Waals surface area (Å²) in [5, 5.41) is 21.2. The van der Waals surface area contributed by atoms with Crippen molar-refractivity contribution in [3.05, 3.63) is 78.0 Å². The van der Waals surface area contributed by atoms with Crippen molar-refractivity contribution in [1.82, 2.24) is 25.4 Å². The Labute approximate surface area is 291 Å². The quantitative estimate of drug-likeness (QED) is 0.227. The third-order valence-electron chi connectivity index (χ3n) is 11.2. The zero-order valence-corrected chi connectivity index (χ0v) is 28.1. The van der Waals surface area contributed by atoms with E-state index in [1.165, 1.54) is 11.1 Å². The smallest absolute Gasteiger partial charge is 0.249 e. The standard InChI is InChI=1S/C39H43N7O4/c40-38-30(22-32(43-44-38)29-4-1-2-7-35(29)47)31-13-10-26(23-41-31)24-16-18-45(19-17-24)27-11-8-25(9-12-27)28-5-3-6-33-37(28)50-21-20-46(33)34-14-15-36(48)42-39(34)49/h1-7,10,13,22-25,27,34,47H,8-9,11-12,14-21H2,(H2,40,44)(H,42,48,49)/t25?,27?,34-/m1/s1. The number of piperidine rings is 2. The van der Waals surface area contributed by atoms with Crippen LogP contribution < -0.4 is 20.7 Å². The van der Waals surface area contributed by atoms with Gasteiger partial charge in [0.05, 0.1) is 23.6 Å². The number of nitrogens with one attached hydrogen (secondary N) is 1. The van der Waals surface area contributed by atoms with Crippen molar-refractivity contribution in [2.45, 2.75) is 75.3 Å². The molecule has 2 aromatic carbocycles. The summed E-state index contributed by atoms with van der Waals surface area (Å²) < 4.78 is 6.27. The fourth-order valence-electron chi connectivity index (χ4n) is 8.50. The summed E-state index contributed by atoms with van der Waals surface area (Å²) in [5.41, 5.74) is 12.3. The summed E-state index contributed by atoms with van der Waals surface area (Å²) in [7, 11) is 0. The van der Waals surface area contributed by atoms with Gasteiger partial charge in [0.15, 0.2) is 5.82 Å². The highest BCUT2D eigenvalue weighted by Crippen LogP contribution is 2.45. The number of imide groups is 1. The molecule has 1 aliphatic carbocycles. The molecule has 1 saturated carbocycles. The van der Waals surface area contributed by atoms with Crippen molar-refractivity contribution in [2.24, 2.45) is 0 Å². The van der Waals surface area contributed by atoms with Crippen molar-refractivity contribution in [3.63, 3.8) is 0 Å². The van der Waals surface area contributed by atoms with Crippen LogP contribution in [0.2, 0.25) is 0 Å². The molecule has 5 heterocycles. The minimum atomic E-state index is -0.333. The molecule has 0 radical (unpaired) electrons. The second-order valence-corrected chi connectivity index (χ2v) is 14.0. The average molecular weight is 674 g/mol. The van der Waals surface area contributed by atoms with E-state index < -0.39 is 0 Å². The fourth-order valence-corrected chi connectivity index (χ4v) is 8.50. The van der Waals surface area contributed by atoms with E-state index in [1.807, 2.05) is 24.4 Å². The molecule has 3 fully saturated rings. The van der Waals surface area contributed by atoms with Gasteiger partial charge in [0.2, 0.25) is 11.8 Å². The van der Waals surface area contributed by atoms with Gasteiger partial charge in [0, 0.05) is 29.8 Å². The third-order valence-corrected chi connectivity index (χ3v) is 11.2. The van der Waals surface area contributed by atoms with Gasteiger partial charge in [-0.1, -0.05) is 30.3 Å². The number of hydrogen-bond donors (Lipinski definition) is 3. The molecule has 2 saturated heterocycles. The molecule has 0 spiro atoms. The van der Waals surface area contributed by atoms with Gasteiger partial charge in [0.25, 0.3) is 0 Å². The predicted octanol–water partition coefficient (Wildman–Crippen LogP) is 5.40. The zero-order chi connectivity index (χ0) is 34.2. The number of hydrogen-bond acceptors (Lipinski definition) is 10. The first-order chi connectivity index (χ1) is 24.4. The lowest BCUT2D eigenvalue weighted by Gasteiger charge is -2.42.